The summed E-state index contributed by atoms with van der Waals surface area (Å²) in [6, 6.07) is 16.4. The molecule has 0 aliphatic heterocycles. The van der Waals surface area contributed by atoms with Gasteiger partial charge < -0.3 is 0 Å². The van der Waals surface area contributed by atoms with Gasteiger partial charge in [0, 0.05) is 11.5 Å². The maximum absolute atomic E-state index is 12.6. The summed E-state index contributed by atoms with van der Waals surface area (Å²) in [6.45, 7) is 2.13. The summed E-state index contributed by atoms with van der Waals surface area (Å²) >= 11 is 0. The zero-order chi connectivity index (χ0) is 13.2. The maximum atomic E-state index is 12.6. The highest BCUT2D eigenvalue weighted by atomic mass is 16.1. The van der Waals surface area contributed by atoms with Crippen molar-refractivity contribution in [1.29, 1.82) is 0 Å². The number of rotatable bonds is 3. The Morgan fingerprint density at radius 2 is 1.84 bits per heavy atom. The fourth-order valence-electron chi connectivity index (χ4n) is 2.94. The molecule has 0 heterocycles. The van der Waals surface area contributed by atoms with Crippen LogP contribution in [0.1, 0.15) is 46.3 Å². The molecule has 1 nitrogen and oxygen atoms in total. The number of hydrogen-bond acceptors (Lipinski definition) is 1. The molecule has 0 saturated carbocycles. The van der Waals surface area contributed by atoms with E-state index in [0.717, 1.165) is 24.8 Å². The van der Waals surface area contributed by atoms with Crippen LogP contribution in [0.25, 0.3) is 0 Å². The van der Waals surface area contributed by atoms with Crippen molar-refractivity contribution in [2.24, 2.45) is 0 Å². The Morgan fingerprint density at radius 3 is 2.58 bits per heavy atom. The van der Waals surface area contributed by atoms with Gasteiger partial charge in [0.25, 0.3) is 0 Å². The second kappa shape index (κ2) is 5.00. The monoisotopic (exact) mass is 250 g/mol. The van der Waals surface area contributed by atoms with Crippen LogP contribution >= 0.6 is 0 Å². The van der Waals surface area contributed by atoms with Gasteiger partial charge in [0.2, 0.25) is 0 Å². The van der Waals surface area contributed by atoms with E-state index < -0.39 is 0 Å². The van der Waals surface area contributed by atoms with E-state index in [9.17, 15) is 4.79 Å². The Morgan fingerprint density at radius 1 is 1.11 bits per heavy atom. The maximum Gasteiger partial charge on any atom is 0.170 e. The average Bonchev–Trinajstić information content (AvgIpc) is 2.90. The molecule has 2 aromatic rings. The van der Waals surface area contributed by atoms with Gasteiger partial charge in [-0.25, -0.2) is 0 Å². The van der Waals surface area contributed by atoms with Gasteiger partial charge in [0.1, 0.15) is 0 Å². The lowest BCUT2D eigenvalue weighted by atomic mass is 9.92. The SMILES string of the molecule is CCc1ccc(C(=O)C2CCc3ccccc32)cc1. The van der Waals surface area contributed by atoms with Crippen molar-refractivity contribution in [2.75, 3.05) is 0 Å². The van der Waals surface area contributed by atoms with Crippen LogP contribution in [0.2, 0.25) is 0 Å². The lowest BCUT2D eigenvalue weighted by Gasteiger charge is -2.11. The first-order valence-electron chi connectivity index (χ1n) is 7.00. The molecule has 0 spiro atoms. The number of fused-ring (bicyclic) bond motifs is 1. The zero-order valence-electron chi connectivity index (χ0n) is 11.2. The van der Waals surface area contributed by atoms with E-state index in [-0.39, 0.29) is 11.7 Å². The number of benzene rings is 2. The van der Waals surface area contributed by atoms with Crippen LogP contribution in [0, 0.1) is 0 Å². The fraction of sp³-hybridized carbons (Fsp3) is 0.278. The van der Waals surface area contributed by atoms with Crippen LogP contribution in [0.3, 0.4) is 0 Å². The van der Waals surface area contributed by atoms with Crippen LogP contribution in [0.5, 0.6) is 0 Å². The Kier molecular flexibility index (Phi) is 3.20. The molecule has 1 unspecified atom stereocenters. The van der Waals surface area contributed by atoms with Gasteiger partial charge in [0.05, 0.1) is 0 Å². The summed E-state index contributed by atoms with van der Waals surface area (Å²) in [6.07, 6.45) is 2.99. The van der Waals surface area contributed by atoms with Gasteiger partial charge in [0.15, 0.2) is 5.78 Å². The Balaban J connectivity index is 1.89. The minimum absolute atomic E-state index is 0.0590. The summed E-state index contributed by atoms with van der Waals surface area (Å²) in [5, 5.41) is 0. The van der Waals surface area contributed by atoms with Gasteiger partial charge in [-0.3, -0.25) is 4.79 Å². The van der Waals surface area contributed by atoms with Gasteiger partial charge in [-0.15, -0.1) is 0 Å². The third kappa shape index (κ3) is 2.21. The number of hydrogen-bond donors (Lipinski definition) is 0. The highest BCUT2D eigenvalue weighted by Crippen LogP contribution is 2.35. The molecular weight excluding hydrogens is 232 g/mol. The summed E-state index contributed by atoms with van der Waals surface area (Å²) in [7, 11) is 0. The molecular formula is C18H18O. The van der Waals surface area contributed by atoms with Crippen molar-refractivity contribution in [1.82, 2.24) is 0 Å². The fourth-order valence-corrected chi connectivity index (χ4v) is 2.94. The average molecular weight is 250 g/mol. The molecule has 0 saturated heterocycles. The number of carbonyl (C=O) groups is 1. The first kappa shape index (κ1) is 12.2. The van der Waals surface area contributed by atoms with Crippen molar-refractivity contribution in [3.8, 4) is 0 Å². The van der Waals surface area contributed by atoms with Crippen molar-refractivity contribution in [3.63, 3.8) is 0 Å². The highest BCUT2D eigenvalue weighted by Gasteiger charge is 2.28. The Bertz CT molecular complexity index is 595. The predicted octanol–water partition coefficient (Wildman–Crippen LogP) is 4.16. The highest BCUT2D eigenvalue weighted by molar-refractivity contribution is 6.01. The molecule has 0 aromatic heterocycles. The predicted molar refractivity (Wildman–Crippen MR) is 77.7 cm³/mol. The van der Waals surface area contributed by atoms with Crippen molar-refractivity contribution in [2.45, 2.75) is 32.1 Å². The quantitative estimate of drug-likeness (QED) is 0.747. The van der Waals surface area contributed by atoms with E-state index in [2.05, 4.69) is 37.3 Å². The molecule has 2 aromatic carbocycles. The van der Waals surface area contributed by atoms with Gasteiger partial charge in [-0.1, -0.05) is 55.5 Å². The molecule has 19 heavy (non-hydrogen) atoms. The second-order valence-electron chi connectivity index (χ2n) is 5.20. The third-order valence-corrected chi connectivity index (χ3v) is 4.10. The number of carbonyl (C=O) groups excluding carboxylic acids is 1. The van der Waals surface area contributed by atoms with E-state index in [1.165, 1.54) is 16.7 Å². The molecule has 1 aliphatic rings. The van der Waals surface area contributed by atoms with E-state index in [0.29, 0.717) is 0 Å². The van der Waals surface area contributed by atoms with Crippen LogP contribution < -0.4 is 0 Å². The molecule has 3 rings (SSSR count). The first-order chi connectivity index (χ1) is 9.29. The Hall–Kier alpha value is -1.89. The summed E-state index contributed by atoms with van der Waals surface area (Å²) in [5.74, 6) is 0.330. The van der Waals surface area contributed by atoms with E-state index in [1.54, 1.807) is 0 Å². The van der Waals surface area contributed by atoms with E-state index in [4.69, 9.17) is 0 Å². The van der Waals surface area contributed by atoms with Crippen molar-refractivity contribution >= 4 is 5.78 Å². The molecule has 0 N–H and O–H groups in total. The lowest BCUT2D eigenvalue weighted by Crippen LogP contribution is -2.10. The lowest BCUT2D eigenvalue weighted by molar-refractivity contribution is 0.0959. The zero-order valence-corrected chi connectivity index (χ0v) is 11.2. The molecule has 96 valence electrons. The van der Waals surface area contributed by atoms with Crippen LogP contribution in [0.4, 0.5) is 0 Å². The first-order valence-corrected chi connectivity index (χ1v) is 7.00. The van der Waals surface area contributed by atoms with E-state index >= 15 is 0 Å². The minimum atomic E-state index is 0.0590. The van der Waals surface area contributed by atoms with Crippen LogP contribution in [-0.2, 0) is 12.8 Å². The van der Waals surface area contributed by atoms with Crippen LogP contribution in [0.15, 0.2) is 48.5 Å². The molecule has 1 heteroatoms. The molecule has 0 bridgehead atoms. The molecule has 0 fully saturated rings. The third-order valence-electron chi connectivity index (χ3n) is 4.10. The Labute approximate surface area is 114 Å². The van der Waals surface area contributed by atoms with Gasteiger partial charge in [-0.2, -0.15) is 0 Å². The molecule has 1 aliphatic carbocycles. The molecule has 0 amide bonds. The largest absolute Gasteiger partial charge is 0.293 e. The minimum Gasteiger partial charge on any atom is -0.293 e. The van der Waals surface area contributed by atoms with E-state index in [1.807, 2.05) is 18.2 Å². The molecule has 0 radical (unpaired) electrons. The van der Waals surface area contributed by atoms with Gasteiger partial charge >= 0.3 is 0 Å². The second-order valence-corrected chi connectivity index (χ2v) is 5.20. The summed E-state index contributed by atoms with van der Waals surface area (Å²) < 4.78 is 0. The normalized spacial score (nSPS) is 17.2. The van der Waals surface area contributed by atoms with Crippen molar-refractivity contribution in [3.05, 3.63) is 70.8 Å². The molecule has 1 atom stereocenters. The number of ketones is 1. The number of aryl methyl sites for hydroxylation is 2. The smallest absolute Gasteiger partial charge is 0.170 e. The van der Waals surface area contributed by atoms with Crippen molar-refractivity contribution < 1.29 is 4.79 Å². The summed E-state index contributed by atoms with van der Waals surface area (Å²) in [4.78, 5) is 12.6. The van der Waals surface area contributed by atoms with Gasteiger partial charge in [-0.05, 0) is 36.0 Å². The topological polar surface area (TPSA) is 17.1 Å². The van der Waals surface area contributed by atoms with Crippen LogP contribution in [-0.4, -0.2) is 5.78 Å². The summed E-state index contributed by atoms with van der Waals surface area (Å²) in [5.41, 5.74) is 4.69. The number of Topliss-reactive ketones (excluding diaryl/α,β-unsaturated/α-hetero) is 1. The standard InChI is InChI=1S/C18H18O/c1-2-13-7-9-15(10-8-13)18(19)17-12-11-14-5-3-4-6-16(14)17/h3-10,17H,2,11-12H2,1H3.